The van der Waals surface area contributed by atoms with E-state index in [1.807, 2.05) is 0 Å². The van der Waals surface area contributed by atoms with E-state index in [2.05, 4.69) is 11.7 Å². The largest absolute Gasteiger partial charge is 0.434 e. The number of hydrogen-bond donors (Lipinski definition) is 3. The molecule has 16 heavy (non-hydrogen) atoms. The lowest BCUT2D eigenvalue weighted by Crippen LogP contribution is -2.28. The van der Waals surface area contributed by atoms with Crippen LogP contribution in [0.3, 0.4) is 0 Å². The average Bonchev–Trinajstić information content (AvgIpc) is 2.17. The summed E-state index contributed by atoms with van der Waals surface area (Å²) in [7, 11) is 0. The molecule has 0 radical (unpaired) electrons. The van der Waals surface area contributed by atoms with Crippen molar-refractivity contribution in [3.8, 4) is 0 Å². The van der Waals surface area contributed by atoms with Crippen molar-refractivity contribution in [3.63, 3.8) is 0 Å². The zero-order valence-electron chi connectivity index (χ0n) is 9.93. The summed E-state index contributed by atoms with van der Waals surface area (Å²) in [6.45, 7) is 3.32. The van der Waals surface area contributed by atoms with Gasteiger partial charge in [0.15, 0.2) is 0 Å². The number of aliphatic hydroxyl groups excluding tert-OH is 3. The first-order valence-electron chi connectivity index (χ1n) is 5.72. The lowest BCUT2D eigenvalue weighted by Gasteiger charge is -2.16. The van der Waals surface area contributed by atoms with Crippen LogP contribution in [0.1, 0.15) is 46.0 Å². The maximum Gasteiger partial charge on any atom is 0.336 e. The molecular weight excluding hydrogens is 212 g/mol. The third kappa shape index (κ3) is 7.62. The van der Waals surface area contributed by atoms with E-state index in [4.69, 9.17) is 5.11 Å². The molecule has 0 bridgehead atoms. The van der Waals surface area contributed by atoms with Crippen molar-refractivity contribution in [2.75, 3.05) is 0 Å². The summed E-state index contributed by atoms with van der Waals surface area (Å²) >= 11 is 0. The Balaban J connectivity index is 3.69. The molecule has 0 aliphatic heterocycles. The van der Waals surface area contributed by atoms with Crippen molar-refractivity contribution in [1.29, 1.82) is 0 Å². The second kappa shape index (κ2) is 8.50. The standard InChI is InChI=1S/C11H22O5/c1-3-4-5-6-9(13)7-10(14)16-11(15)8(2)12/h8-10,12-14H,3-7H2,1-2H3. The Kier molecular flexibility index (Phi) is 8.15. The van der Waals surface area contributed by atoms with E-state index < -0.39 is 24.5 Å². The number of hydrogen-bond acceptors (Lipinski definition) is 5. The molecule has 0 heterocycles. The Labute approximate surface area is 96.0 Å². The van der Waals surface area contributed by atoms with Gasteiger partial charge in [0.1, 0.15) is 6.10 Å². The van der Waals surface area contributed by atoms with Crippen LogP contribution in [0.4, 0.5) is 0 Å². The molecular formula is C11H22O5. The highest BCUT2D eigenvalue weighted by Crippen LogP contribution is 2.09. The van der Waals surface area contributed by atoms with E-state index in [1.165, 1.54) is 6.92 Å². The quantitative estimate of drug-likeness (QED) is 0.324. The SMILES string of the molecule is CCCCCC(O)CC(O)OC(=O)C(C)O. The molecule has 96 valence electrons. The van der Waals surface area contributed by atoms with Gasteiger partial charge in [0, 0.05) is 6.42 Å². The number of carbonyl (C=O) groups is 1. The van der Waals surface area contributed by atoms with Gasteiger partial charge in [0.05, 0.1) is 6.10 Å². The number of esters is 1. The maximum atomic E-state index is 10.9. The van der Waals surface area contributed by atoms with Gasteiger partial charge >= 0.3 is 5.97 Å². The number of carbonyl (C=O) groups excluding carboxylic acids is 1. The van der Waals surface area contributed by atoms with E-state index in [0.29, 0.717) is 6.42 Å². The molecule has 0 spiro atoms. The van der Waals surface area contributed by atoms with Crippen molar-refractivity contribution in [1.82, 2.24) is 0 Å². The van der Waals surface area contributed by atoms with Gasteiger partial charge in [-0.25, -0.2) is 4.79 Å². The third-order valence-electron chi connectivity index (χ3n) is 2.21. The third-order valence-corrected chi connectivity index (χ3v) is 2.21. The monoisotopic (exact) mass is 234 g/mol. The van der Waals surface area contributed by atoms with Gasteiger partial charge in [-0.3, -0.25) is 0 Å². The Bertz CT molecular complexity index is 193. The highest BCUT2D eigenvalue weighted by Gasteiger charge is 2.18. The van der Waals surface area contributed by atoms with E-state index in [-0.39, 0.29) is 6.42 Å². The molecule has 0 aromatic heterocycles. The van der Waals surface area contributed by atoms with Gasteiger partial charge in [-0.05, 0) is 13.3 Å². The van der Waals surface area contributed by atoms with E-state index in [9.17, 15) is 15.0 Å². The van der Waals surface area contributed by atoms with Crippen molar-refractivity contribution >= 4 is 5.97 Å². The molecule has 0 aromatic carbocycles. The molecule has 5 heteroatoms. The summed E-state index contributed by atoms with van der Waals surface area (Å²) in [6, 6.07) is 0. The summed E-state index contributed by atoms with van der Waals surface area (Å²) in [5, 5.41) is 27.6. The minimum Gasteiger partial charge on any atom is -0.434 e. The van der Waals surface area contributed by atoms with Crippen LogP contribution in [-0.4, -0.2) is 39.8 Å². The lowest BCUT2D eigenvalue weighted by atomic mass is 10.1. The van der Waals surface area contributed by atoms with Crippen molar-refractivity contribution in [3.05, 3.63) is 0 Å². The van der Waals surface area contributed by atoms with Crippen LogP contribution in [0.15, 0.2) is 0 Å². The molecule has 0 aromatic rings. The highest BCUT2D eigenvalue weighted by molar-refractivity contribution is 5.73. The fraction of sp³-hybridized carbons (Fsp3) is 0.909. The molecule has 0 aliphatic carbocycles. The molecule has 0 saturated carbocycles. The van der Waals surface area contributed by atoms with Gasteiger partial charge in [-0.2, -0.15) is 0 Å². The first-order valence-corrected chi connectivity index (χ1v) is 5.72. The zero-order chi connectivity index (χ0) is 12.6. The van der Waals surface area contributed by atoms with E-state index in [1.54, 1.807) is 0 Å². The summed E-state index contributed by atoms with van der Waals surface area (Å²) in [4.78, 5) is 10.9. The van der Waals surface area contributed by atoms with Crippen LogP contribution in [0, 0.1) is 0 Å². The van der Waals surface area contributed by atoms with Crippen LogP contribution in [0.5, 0.6) is 0 Å². The molecule has 3 unspecified atom stereocenters. The Morgan fingerprint density at radius 2 is 1.88 bits per heavy atom. The van der Waals surface area contributed by atoms with Gasteiger partial charge in [-0.1, -0.05) is 26.2 Å². The van der Waals surface area contributed by atoms with Crippen LogP contribution in [-0.2, 0) is 9.53 Å². The Morgan fingerprint density at radius 3 is 2.38 bits per heavy atom. The van der Waals surface area contributed by atoms with Gasteiger partial charge in [0.2, 0.25) is 6.29 Å². The van der Waals surface area contributed by atoms with Crippen LogP contribution < -0.4 is 0 Å². The molecule has 0 rings (SSSR count). The van der Waals surface area contributed by atoms with Crippen LogP contribution in [0.2, 0.25) is 0 Å². The average molecular weight is 234 g/mol. The first kappa shape index (κ1) is 15.3. The van der Waals surface area contributed by atoms with Crippen molar-refractivity contribution in [2.45, 2.75) is 64.4 Å². The molecule has 0 fully saturated rings. The Hall–Kier alpha value is -0.650. The van der Waals surface area contributed by atoms with Gasteiger partial charge < -0.3 is 20.1 Å². The molecule has 3 atom stereocenters. The predicted molar refractivity (Wildman–Crippen MR) is 58.5 cm³/mol. The predicted octanol–water partition coefficient (Wildman–Crippen LogP) is 0.560. The molecule has 3 N–H and O–H groups in total. The second-order valence-electron chi connectivity index (χ2n) is 3.95. The second-order valence-corrected chi connectivity index (χ2v) is 3.95. The Morgan fingerprint density at radius 1 is 1.25 bits per heavy atom. The maximum absolute atomic E-state index is 10.9. The zero-order valence-corrected chi connectivity index (χ0v) is 9.93. The molecule has 5 nitrogen and oxygen atoms in total. The van der Waals surface area contributed by atoms with E-state index >= 15 is 0 Å². The summed E-state index contributed by atoms with van der Waals surface area (Å²) < 4.78 is 4.50. The number of aliphatic hydroxyl groups is 3. The first-order chi connectivity index (χ1) is 7.47. The van der Waals surface area contributed by atoms with Crippen LogP contribution >= 0.6 is 0 Å². The van der Waals surface area contributed by atoms with Crippen molar-refractivity contribution < 1.29 is 24.9 Å². The van der Waals surface area contributed by atoms with E-state index in [0.717, 1.165) is 19.3 Å². The number of rotatable bonds is 8. The van der Waals surface area contributed by atoms with Crippen LogP contribution in [0.25, 0.3) is 0 Å². The minimum atomic E-state index is -1.35. The molecule has 0 aliphatic rings. The fourth-order valence-corrected chi connectivity index (χ4v) is 1.26. The number of ether oxygens (including phenoxy) is 1. The summed E-state index contributed by atoms with van der Waals surface area (Å²) in [5.41, 5.74) is 0. The van der Waals surface area contributed by atoms with Crippen molar-refractivity contribution in [2.24, 2.45) is 0 Å². The molecule has 0 amide bonds. The summed E-state index contributed by atoms with van der Waals surface area (Å²) in [6.07, 6.45) is 0.259. The summed E-state index contributed by atoms with van der Waals surface area (Å²) in [5.74, 6) is -0.881. The fourth-order valence-electron chi connectivity index (χ4n) is 1.26. The normalized spacial score (nSPS) is 16.6. The number of unbranched alkanes of at least 4 members (excludes halogenated alkanes) is 2. The minimum absolute atomic E-state index is 0.0117. The highest BCUT2D eigenvalue weighted by atomic mass is 16.6. The lowest BCUT2D eigenvalue weighted by molar-refractivity contribution is -0.180. The van der Waals surface area contributed by atoms with Gasteiger partial charge in [-0.15, -0.1) is 0 Å². The topological polar surface area (TPSA) is 87.0 Å². The molecule has 0 saturated heterocycles. The smallest absolute Gasteiger partial charge is 0.336 e. The van der Waals surface area contributed by atoms with Gasteiger partial charge in [0.25, 0.3) is 0 Å².